The zero-order valence-corrected chi connectivity index (χ0v) is 9.44. The summed E-state index contributed by atoms with van der Waals surface area (Å²) in [4.78, 5) is 2.13. The summed E-state index contributed by atoms with van der Waals surface area (Å²) in [6.07, 6.45) is 0. The smallest absolute Gasteiger partial charge is 0.224 e. The molecule has 0 N–H and O–H groups in total. The molecule has 1 fully saturated rings. The van der Waals surface area contributed by atoms with E-state index in [0.717, 1.165) is 13.1 Å². The van der Waals surface area contributed by atoms with Crippen LogP contribution in [0.5, 0.6) is 0 Å². The van der Waals surface area contributed by atoms with Gasteiger partial charge in [-0.1, -0.05) is 15.9 Å². The molecule has 0 bridgehead atoms. The molecule has 1 rings (SSSR count). The van der Waals surface area contributed by atoms with E-state index in [1.807, 2.05) is 7.05 Å². The van der Waals surface area contributed by atoms with Crippen LogP contribution in [0.4, 0.5) is 0 Å². The highest BCUT2D eigenvalue weighted by Crippen LogP contribution is 2.08. The first kappa shape index (κ1) is 10.4. The lowest BCUT2D eigenvalue weighted by Gasteiger charge is -2.30. The Hall–Kier alpha value is 0.350. The predicted octanol–water partition coefficient (Wildman–Crippen LogP) is -0.0840. The molecule has 0 atom stereocenters. The van der Waals surface area contributed by atoms with Gasteiger partial charge in [0.1, 0.15) is 4.66 Å². The van der Waals surface area contributed by atoms with E-state index in [0.29, 0.717) is 13.1 Å². The number of sulfonamides is 1. The normalized spacial score (nSPS) is 22.8. The SMILES string of the molecule is CN1CCN(S(=O)(=O)CBr)CC1. The van der Waals surface area contributed by atoms with Gasteiger partial charge in [0.05, 0.1) is 0 Å². The summed E-state index contributed by atoms with van der Waals surface area (Å²) in [7, 11) is -1.02. The molecule has 0 aromatic carbocycles. The third-order valence-electron chi connectivity index (χ3n) is 1.99. The molecular weight excluding hydrogens is 244 g/mol. The molecule has 0 spiro atoms. The molecule has 0 radical (unpaired) electrons. The number of nitrogens with zero attached hydrogens (tertiary/aromatic N) is 2. The molecule has 12 heavy (non-hydrogen) atoms. The van der Waals surface area contributed by atoms with Gasteiger partial charge in [-0.2, -0.15) is 4.31 Å². The second-order valence-electron chi connectivity index (χ2n) is 2.92. The van der Waals surface area contributed by atoms with E-state index in [1.54, 1.807) is 0 Å². The third-order valence-corrected chi connectivity index (χ3v) is 5.16. The molecular formula is C6H13BrN2O2S. The van der Waals surface area contributed by atoms with Crippen LogP contribution in [0.25, 0.3) is 0 Å². The Morgan fingerprint density at radius 1 is 1.25 bits per heavy atom. The zero-order valence-electron chi connectivity index (χ0n) is 7.03. The van der Waals surface area contributed by atoms with Gasteiger partial charge in [0, 0.05) is 26.2 Å². The molecule has 0 amide bonds. The van der Waals surface area contributed by atoms with E-state index in [-0.39, 0.29) is 4.66 Å². The molecule has 1 aliphatic rings. The maximum absolute atomic E-state index is 11.3. The Morgan fingerprint density at radius 2 is 1.75 bits per heavy atom. The zero-order chi connectivity index (χ0) is 9.19. The molecule has 0 aliphatic carbocycles. The number of piperazine rings is 1. The highest BCUT2D eigenvalue weighted by Gasteiger charge is 2.23. The van der Waals surface area contributed by atoms with E-state index in [1.165, 1.54) is 4.31 Å². The van der Waals surface area contributed by atoms with Crippen LogP contribution in [0.2, 0.25) is 0 Å². The first-order chi connectivity index (χ1) is 5.56. The number of alkyl halides is 1. The lowest BCUT2D eigenvalue weighted by molar-refractivity contribution is 0.223. The summed E-state index contributed by atoms with van der Waals surface area (Å²) in [5.41, 5.74) is 0. The molecule has 1 saturated heterocycles. The molecule has 6 heteroatoms. The van der Waals surface area contributed by atoms with Crippen molar-refractivity contribution in [2.24, 2.45) is 0 Å². The topological polar surface area (TPSA) is 40.6 Å². The van der Waals surface area contributed by atoms with Crippen LogP contribution in [-0.4, -0.2) is 55.5 Å². The standard InChI is InChI=1S/C6H13BrN2O2S/c1-8-2-4-9(5-3-8)12(10,11)6-7/h2-6H2,1H3. The second kappa shape index (κ2) is 4.04. The second-order valence-corrected chi connectivity index (χ2v) is 6.20. The summed E-state index contributed by atoms with van der Waals surface area (Å²) in [5.74, 6) is 0. The predicted molar refractivity (Wildman–Crippen MR) is 51.8 cm³/mol. The van der Waals surface area contributed by atoms with Crippen LogP contribution in [0.3, 0.4) is 0 Å². The number of rotatable bonds is 2. The van der Waals surface area contributed by atoms with Gasteiger partial charge in [-0.05, 0) is 7.05 Å². The largest absolute Gasteiger partial charge is 0.304 e. The molecule has 72 valence electrons. The van der Waals surface area contributed by atoms with Crippen LogP contribution in [0.15, 0.2) is 0 Å². The van der Waals surface area contributed by atoms with Gasteiger partial charge in [0.25, 0.3) is 0 Å². The van der Waals surface area contributed by atoms with Crippen LogP contribution in [0, 0.1) is 0 Å². The van der Waals surface area contributed by atoms with E-state index in [4.69, 9.17) is 0 Å². The minimum absolute atomic E-state index is 0.0315. The van der Waals surface area contributed by atoms with E-state index >= 15 is 0 Å². The Morgan fingerprint density at radius 3 is 2.17 bits per heavy atom. The van der Waals surface area contributed by atoms with Crippen molar-refractivity contribution in [2.45, 2.75) is 0 Å². The highest BCUT2D eigenvalue weighted by molar-refractivity contribution is 9.10. The Bertz CT molecular complexity index is 234. The van der Waals surface area contributed by atoms with Crippen LogP contribution < -0.4 is 0 Å². The van der Waals surface area contributed by atoms with Crippen molar-refractivity contribution in [1.82, 2.24) is 9.21 Å². The fourth-order valence-electron chi connectivity index (χ4n) is 1.14. The number of hydrogen-bond donors (Lipinski definition) is 0. The molecule has 0 aromatic rings. The quantitative estimate of drug-likeness (QED) is 0.649. The van der Waals surface area contributed by atoms with Crippen molar-refractivity contribution < 1.29 is 8.42 Å². The molecule has 4 nitrogen and oxygen atoms in total. The van der Waals surface area contributed by atoms with Crippen LogP contribution in [-0.2, 0) is 10.0 Å². The first-order valence-electron chi connectivity index (χ1n) is 3.78. The highest BCUT2D eigenvalue weighted by atomic mass is 79.9. The molecule has 0 saturated carbocycles. The van der Waals surface area contributed by atoms with Crippen LogP contribution in [0.1, 0.15) is 0 Å². The number of halogens is 1. The molecule has 1 aliphatic heterocycles. The van der Waals surface area contributed by atoms with Gasteiger partial charge in [0.15, 0.2) is 0 Å². The van der Waals surface area contributed by atoms with Gasteiger partial charge in [0.2, 0.25) is 10.0 Å². The maximum atomic E-state index is 11.3. The van der Waals surface area contributed by atoms with Gasteiger partial charge in [-0.3, -0.25) is 0 Å². The molecule has 1 heterocycles. The average Bonchev–Trinajstić information content (AvgIpc) is 2.05. The van der Waals surface area contributed by atoms with Crippen molar-refractivity contribution in [3.63, 3.8) is 0 Å². The van der Waals surface area contributed by atoms with E-state index in [2.05, 4.69) is 20.8 Å². The number of hydrogen-bond acceptors (Lipinski definition) is 3. The van der Waals surface area contributed by atoms with Gasteiger partial charge < -0.3 is 4.90 Å². The summed E-state index contributed by atoms with van der Waals surface area (Å²) in [6, 6.07) is 0. The van der Waals surface area contributed by atoms with Crippen molar-refractivity contribution in [2.75, 3.05) is 37.9 Å². The summed E-state index contributed by atoms with van der Waals surface area (Å²) >= 11 is 2.98. The summed E-state index contributed by atoms with van der Waals surface area (Å²) in [6.45, 7) is 2.88. The molecule has 0 aromatic heterocycles. The van der Waals surface area contributed by atoms with Crippen molar-refractivity contribution in [1.29, 1.82) is 0 Å². The maximum Gasteiger partial charge on any atom is 0.224 e. The van der Waals surface area contributed by atoms with Crippen molar-refractivity contribution in [3.05, 3.63) is 0 Å². The van der Waals surface area contributed by atoms with Crippen LogP contribution >= 0.6 is 15.9 Å². The van der Waals surface area contributed by atoms with E-state index < -0.39 is 10.0 Å². The van der Waals surface area contributed by atoms with Gasteiger partial charge >= 0.3 is 0 Å². The lowest BCUT2D eigenvalue weighted by atomic mass is 10.4. The lowest BCUT2D eigenvalue weighted by Crippen LogP contribution is -2.47. The van der Waals surface area contributed by atoms with Gasteiger partial charge in [-0.15, -0.1) is 0 Å². The fraction of sp³-hybridized carbons (Fsp3) is 1.00. The Labute approximate surface area is 81.7 Å². The first-order valence-corrected chi connectivity index (χ1v) is 6.51. The molecule has 0 unspecified atom stereocenters. The van der Waals surface area contributed by atoms with Gasteiger partial charge in [-0.25, -0.2) is 8.42 Å². The third kappa shape index (κ3) is 2.42. The minimum atomic E-state index is -3.02. The van der Waals surface area contributed by atoms with Crippen molar-refractivity contribution in [3.8, 4) is 0 Å². The summed E-state index contributed by atoms with van der Waals surface area (Å²) in [5, 5.41) is 0. The average molecular weight is 257 g/mol. The minimum Gasteiger partial charge on any atom is -0.304 e. The van der Waals surface area contributed by atoms with Crippen molar-refractivity contribution >= 4 is 26.0 Å². The van der Waals surface area contributed by atoms with E-state index in [9.17, 15) is 8.42 Å². The number of likely N-dealkylation sites (N-methyl/N-ethyl adjacent to an activating group) is 1. The Kier molecular flexibility index (Phi) is 3.51. The fourth-order valence-corrected chi connectivity index (χ4v) is 2.86. The monoisotopic (exact) mass is 256 g/mol. The summed E-state index contributed by atoms with van der Waals surface area (Å²) < 4.78 is 24.2. The Balaban J connectivity index is 2.56.